The number of rotatable bonds is 4. The molecule has 4 heteroatoms. The van der Waals surface area contributed by atoms with Crippen molar-refractivity contribution in [3.8, 4) is 0 Å². The molecule has 4 nitrogen and oxygen atoms in total. The summed E-state index contributed by atoms with van der Waals surface area (Å²) < 4.78 is 7.52. The number of aromatic nitrogens is 2. The van der Waals surface area contributed by atoms with Gasteiger partial charge in [-0.15, -0.1) is 0 Å². The molecule has 1 N–H and O–H groups in total. The number of anilines is 1. The van der Waals surface area contributed by atoms with E-state index in [1.807, 2.05) is 12.4 Å². The van der Waals surface area contributed by atoms with Gasteiger partial charge in [-0.25, -0.2) is 4.98 Å². The number of hydrogen-bond donors (Lipinski definition) is 1. The fourth-order valence-corrected chi connectivity index (χ4v) is 1.79. The van der Waals surface area contributed by atoms with E-state index in [1.165, 1.54) is 6.42 Å². The molecular weight excluding hydrogens is 178 g/mol. The standard InChI is InChI=1S/C10H17N3O/c1-2-11-10-12-4-5-13(10)7-9-3-6-14-8-9/h4-5,9H,2-3,6-8H2,1H3,(H,11,12). The van der Waals surface area contributed by atoms with Crippen molar-refractivity contribution < 1.29 is 4.74 Å². The average molecular weight is 195 g/mol. The zero-order valence-corrected chi connectivity index (χ0v) is 8.57. The lowest BCUT2D eigenvalue weighted by Gasteiger charge is -2.11. The molecule has 0 aromatic carbocycles. The van der Waals surface area contributed by atoms with Crippen LogP contribution < -0.4 is 5.32 Å². The highest BCUT2D eigenvalue weighted by Crippen LogP contribution is 2.16. The Bertz CT molecular complexity index is 279. The lowest BCUT2D eigenvalue weighted by Crippen LogP contribution is -2.13. The molecule has 1 aliphatic heterocycles. The van der Waals surface area contributed by atoms with Crippen LogP contribution in [-0.4, -0.2) is 29.3 Å². The number of ether oxygens (including phenoxy) is 1. The van der Waals surface area contributed by atoms with Crippen LogP contribution in [0.3, 0.4) is 0 Å². The van der Waals surface area contributed by atoms with Gasteiger partial charge in [0, 0.05) is 38.0 Å². The summed E-state index contributed by atoms with van der Waals surface area (Å²) in [7, 11) is 0. The smallest absolute Gasteiger partial charge is 0.202 e. The zero-order valence-electron chi connectivity index (χ0n) is 8.57. The number of nitrogens with one attached hydrogen (secondary N) is 1. The molecule has 78 valence electrons. The molecule has 2 rings (SSSR count). The summed E-state index contributed by atoms with van der Waals surface area (Å²) in [6.45, 7) is 5.82. The number of imidazole rings is 1. The maximum absolute atomic E-state index is 5.35. The second-order valence-corrected chi connectivity index (χ2v) is 3.66. The van der Waals surface area contributed by atoms with Gasteiger partial charge in [-0.3, -0.25) is 0 Å². The van der Waals surface area contributed by atoms with Gasteiger partial charge in [0.2, 0.25) is 5.95 Å². The summed E-state index contributed by atoms with van der Waals surface area (Å²) in [5.41, 5.74) is 0. The molecule has 0 saturated carbocycles. The van der Waals surface area contributed by atoms with Gasteiger partial charge in [0.25, 0.3) is 0 Å². The van der Waals surface area contributed by atoms with Gasteiger partial charge in [-0.1, -0.05) is 0 Å². The van der Waals surface area contributed by atoms with Gasteiger partial charge in [-0.05, 0) is 13.3 Å². The van der Waals surface area contributed by atoms with Crippen LogP contribution in [-0.2, 0) is 11.3 Å². The molecule has 0 amide bonds. The van der Waals surface area contributed by atoms with Crippen LogP contribution in [0.5, 0.6) is 0 Å². The first-order valence-electron chi connectivity index (χ1n) is 5.23. The minimum atomic E-state index is 0.654. The highest BCUT2D eigenvalue weighted by Gasteiger charge is 2.16. The lowest BCUT2D eigenvalue weighted by molar-refractivity contribution is 0.182. The molecular formula is C10H17N3O. The second-order valence-electron chi connectivity index (χ2n) is 3.66. The molecule has 0 bridgehead atoms. The van der Waals surface area contributed by atoms with Crippen LogP contribution in [0.2, 0.25) is 0 Å². The van der Waals surface area contributed by atoms with Gasteiger partial charge < -0.3 is 14.6 Å². The molecule has 1 fully saturated rings. The van der Waals surface area contributed by atoms with Gasteiger partial charge >= 0.3 is 0 Å². The molecule has 1 atom stereocenters. The summed E-state index contributed by atoms with van der Waals surface area (Å²) in [6.07, 6.45) is 5.04. The number of nitrogens with zero attached hydrogens (tertiary/aromatic N) is 2. The molecule has 1 saturated heterocycles. The Hall–Kier alpha value is -1.03. The first kappa shape index (κ1) is 9.52. The molecule has 1 aromatic heterocycles. The van der Waals surface area contributed by atoms with Crippen LogP contribution in [0, 0.1) is 5.92 Å². The molecule has 0 spiro atoms. The van der Waals surface area contributed by atoms with Crippen molar-refractivity contribution in [3.63, 3.8) is 0 Å². The van der Waals surface area contributed by atoms with Crippen LogP contribution in [0.15, 0.2) is 12.4 Å². The third kappa shape index (κ3) is 2.07. The van der Waals surface area contributed by atoms with E-state index in [0.717, 1.165) is 32.3 Å². The van der Waals surface area contributed by atoms with E-state index >= 15 is 0 Å². The normalized spacial score (nSPS) is 21.4. The first-order valence-corrected chi connectivity index (χ1v) is 5.23. The van der Waals surface area contributed by atoms with E-state index in [4.69, 9.17) is 4.74 Å². The third-order valence-corrected chi connectivity index (χ3v) is 2.53. The van der Waals surface area contributed by atoms with E-state index < -0.39 is 0 Å². The highest BCUT2D eigenvalue weighted by molar-refractivity contribution is 5.25. The number of hydrogen-bond acceptors (Lipinski definition) is 3. The predicted octanol–water partition coefficient (Wildman–Crippen LogP) is 1.35. The Morgan fingerprint density at radius 3 is 3.36 bits per heavy atom. The van der Waals surface area contributed by atoms with Crippen molar-refractivity contribution in [1.82, 2.24) is 9.55 Å². The Balaban J connectivity index is 1.96. The first-order chi connectivity index (χ1) is 6.90. The molecule has 0 radical (unpaired) electrons. The van der Waals surface area contributed by atoms with Crippen molar-refractivity contribution in [2.75, 3.05) is 25.1 Å². The summed E-state index contributed by atoms with van der Waals surface area (Å²) in [5, 5.41) is 3.24. The molecule has 1 aliphatic rings. The summed E-state index contributed by atoms with van der Waals surface area (Å²) >= 11 is 0. The monoisotopic (exact) mass is 195 g/mol. The molecule has 0 aliphatic carbocycles. The molecule has 1 aromatic rings. The summed E-state index contributed by atoms with van der Waals surface area (Å²) in [6, 6.07) is 0. The summed E-state index contributed by atoms with van der Waals surface area (Å²) in [4.78, 5) is 4.26. The fraction of sp³-hybridized carbons (Fsp3) is 0.700. The maximum atomic E-state index is 5.35. The minimum absolute atomic E-state index is 0.654. The largest absolute Gasteiger partial charge is 0.381 e. The second kappa shape index (κ2) is 4.46. The van der Waals surface area contributed by atoms with Gasteiger partial charge in [0.05, 0.1) is 6.61 Å². The van der Waals surface area contributed by atoms with Gasteiger partial charge in [-0.2, -0.15) is 0 Å². The van der Waals surface area contributed by atoms with Crippen molar-refractivity contribution in [2.45, 2.75) is 19.9 Å². The fourth-order valence-electron chi connectivity index (χ4n) is 1.79. The van der Waals surface area contributed by atoms with Crippen molar-refractivity contribution in [1.29, 1.82) is 0 Å². The van der Waals surface area contributed by atoms with Crippen molar-refractivity contribution in [2.24, 2.45) is 5.92 Å². The summed E-state index contributed by atoms with van der Waals surface area (Å²) in [5.74, 6) is 1.63. The van der Waals surface area contributed by atoms with E-state index in [1.54, 1.807) is 0 Å². The third-order valence-electron chi connectivity index (χ3n) is 2.53. The maximum Gasteiger partial charge on any atom is 0.202 e. The van der Waals surface area contributed by atoms with Gasteiger partial charge in [0.1, 0.15) is 0 Å². The Morgan fingerprint density at radius 1 is 1.71 bits per heavy atom. The minimum Gasteiger partial charge on any atom is -0.381 e. The van der Waals surface area contributed by atoms with E-state index in [2.05, 4.69) is 21.8 Å². The van der Waals surface area contributed by atoms with E-state index in [-0.39, 0.29) is 0 Å². The van der Waals surface area contributed by atoms with E-state index in [0.29, 0.717) is 5.92 Å². The molecule has 1 unspecified atom stereocenters. The van der Waals surface area contributed by atoms with Crippen LogP contribution in [0.4, 0.5) is 5.95 Å². The van der Waals surface area contributed by atoms with Crippen LogP contribution in [0.25, 0.3) is 0 Å². The molecule has 14 heavy (non-hydrogen) atoms. The Morgan fingerprint density at radius 2 is 2.64 bits per heavy atom. The van der Waals surface area contributed by atoms with Crippen molar-refractivity contribution in [3.05, 3.63) is 12.4 Å². The predicted molar refractivity (Wildman–Crippen MR) is 55.3 cm³/mol. The highest BCUT2D eigenvalue weighted by atomic mass is 16.5. The average Bonchev–Trinajstić information content (AvgIpc) is 2.80. The Kier molecular flexibility index (Phi) is 3.03. The van der Waals surface area contributed by atoms with Crippen molar-refractivity contribution >= 4 is 5.95 Å². The van der Waals surface area contributed by atoms with Crippen LogP contribution >= 0.6 is 0 Å². The zero-order chi connectivity index (χ0) is 9.80. The topological polar surface area (TPSA) is 39.1 Å². The van der Waals surface area contributed by atoms with Gasteiger partial charge in [0.15, 0.2) is 0 Å². The van der Waals surface area contributed by atoms with Crippen LogP contribution in [0.1, 0.15) is 13.3 Å². The quantitative estimate of drug-likeness (QED) is 0.788. The Labute approximate surface area is 84.3 Å². The SMILES string of the molecule is CCNc1nccn1CC1CCOC1. The van der Waals surface area contributed by atoms with E-state index in [9.17, 15) is 0 Å². The molecule has 2 heterocycles. The lowest BCUT2D eigenvalue weighted by atomic mass is 10.1.